The van der Waals surface area contributed by atoms with Crippen LogP contribution in [0.15, 0.2) is 11.4 Å². The molecule has 0 aromatic carbocycles. The predicted octanol–water partition coefficient (Wildman–Crippen LogP) is 2.85. The first-order chi connectivity index (χ1) is 8.65. The monoisotopic (exact) mass is 266 g/mol. The van der Waals surface area contributed by atoms with Gasteiger partial charge in [-0.1, -0.05) is 6.92 Å². The Morgan fingerprint density at radius 1 is 1.56 bits per heavy atom. The lowest BCUT2D eigenvalue weighted by molar-refractivity contribution is -0.133. The fourth-order valence-electron chi connectivity index (χ4n) is 2.70. The van der Waals surface area contributed by atoms with Gasteiger partial charge in [0.15, 0.2) is 0 Å². The summed E-state index contributed by atoms with van der Waals surface area (Å²) < 4.78 is 0. The van der Waals surface area contributed by atoms with Crippen molar-refractivity contribution in [2.45, 2.75) is 51.6 Å². The van der Waals surface area contributed by atoms with E-state index in [9.17, 15) is 4.79 Å². The van der Waals surface area contributed by atoms with Gasteiger partial charge in [0, 0.05) is 23.9 Å². The number of nitrogens with two attached hydrogens (primary N) is 1. The maximum absolute atomic E-state index is 12.2. The number of carbonyl (C=O) groups is 1. The summed E-state index contributed by atoms with van der Waals surface area (Å²) >= 11 is 1.73. The first-order valence-electron chi connectivity index (χ1n) is 6.74. The van der Waals surface area contributed by atoms with Crippen LogP contribution < -0.4 is 5.73 Å². The van der Waals surface area contributed by atoms with Crippen LogP contribution in [0.25, 0.3) is 0 Å². The van der Waals surface area contributed by atoms with Crippen molar-refractivity contribution in [1.82, 2.24) is 4.90 Å². The fraction of sp³-hybridized carbons (Fsp3) is 0.643. The molecule has 0 spiro atoms. The summed E-state index contributed by atoms with van der Waals surface area (Å²) in [6, 6.07) is 2.27. The SMILES string of the molecule is CCCN1C(=O)CCCC(N)C1c1sccc1C. The Labute approximate surface area is 113 Å². The second-order valence-electron chi connectivity index (χ2n) is 5.06. The number of nitrogens with zero attached hydrogens (tertiary/aromatic N) is 1. The Hall–Kier alpha value is -0.870. The lowest BCUT2D eigenvalue weighted by Gasteiger charge is -2.33. The molecule has 3 nitrogen and oxygen atoms in total. The minimum atomic E-state index is 0.0698. The zero-order chi connectivity index (χ0) is 13.1. The second kappa shape index (κ2) is 5.85. The molecule has 2 N–H and O–H groups in total. The van der Waals surface area contributed by atoms with Gasteiger partial charge in [-0.2, -0.15) is 0 Å². The molecule has 4 heteroatoms. The van der Waals surface area contributed by atoms with Crippen molar-refractivity contribution in [3.8, 4) is 0 Å². The quantitative estimate of drug-likeness (QED) is 0.914. The molecule has 1 amide bonds. The topological polar surface area (TPSA) is 46.3 Å². The first-order valence-corrected chi connectivity index (χ1v) is 7.62. The minimum absolute atomic E-state index is 0.0698. The molecule has 1 fully saturated rings. The molecular weight excluding hydrogens is 244 g/mol. The third-order valence-corrected chi connectivity index (χ3v) is 4.71. The highest BCUT2D eigenvalue weighted by Crippen LogP contribution is 2.35. The number of aryl methyl sites for hydroxylation is 1. The van der Waals surface area contributed by atoms with Gasteiger partial charge in [-0.25, -0.2) is 0 Å². The maximum Gasteiger partial charge on any atom is 0.223 e. The van der Waals surface area contributed by atoms with Crippen LogP contribution in [0.1, 0.15) is 49.1 Å². The highest BCUT2D eigenvalue weighted by Gasteiger charge is 2.33. The van der Waals surface area contributed by atoms with Crippen LogP contribution in [0.2, 0.25) is 0 Å². The number of rotatable bonds is 3. The second-order valence-corrected chi connectivity index (χ2v) is 6.00. The smallest absolute Gasteiger partial charge is 0.223 e. The summed E-state index contributed by atoms with van der Waals surface area (Å²) in [6.07, 6.45) is 3.49. The van der Waals surface area contributed by atoms with Gasteiger partial charge in [0.1, 0.15) is 0 Å². The van der Waals surface area contributed by atoms with Gasteiger partial charge in [-0.15, -0.1) is 11.3 Å². The Bertz CT molecular complexity index is 416. The molecule has 1 aliphatic heterocycles. The molecule has 1 aliphatic rings. The molecule has 0 bridgehead atoms. The molecule has 0 saturated carbocycles. The van der Waals surface area contributed by atoms with Crippen LogP contribution in [0.4, 0.5) is 0 Å². The molecule has 2 atom stereocenters. The van der Waals surface area contributed by atoms with Gasteiger partial charge in [-0.05, 0) is 43.2 Å². The molecule has 1 aromatic heterocycles. The average molecular weight is 266 g/mol. The number of hydrogen-bond acceptors (Lipinski definition) is 3. The number of amides is 1. The summed E-state index contributed by atoms with van der Waals surface area (Å²) in [7, 11) is 0. The highest BCUT2D eigenvalue weighted by atomic mass is 32.1. The molecule has 1 aromatic rings. The van der Waals surface area contributed by atoms with E-state index in [2.05, 4.69) is 25.3 Å². The van der Waals surface area contributed by atoms with Crippen LogP contribution >= 0.6 is 11.3 Å². The third-order valence-electron chi connectivity index (χ3n) is 3.62. The van der Waals surface area contributed by atoms with E-state index in [1.807, 2.05) is 4.90 Å². The number of thiophene rings is 1. The van der Waals surface area contributed by atoms with E-state index in [0.29, 0.717) is 6.42 Å². The molecule has 18 heavy (non-hydrogen) atoms. The van der Waals surface area contributed by atoms with Gasteiger partial charge in [-0.3, -0.25) is 4.79 Å². The normalized spacial score (nSPS) is 25.3. The van der Waals surface area contributed by atoms with Crippen molar-refractivity contribution in [1.29, 1.82) is 0 Å². The van der Waals surface area contributed by atoms with Crippen LogP contribution in [-0.2, 0) is 4.79 Å². The standard InChI is InChI=1S/C14H22N2OS/c1-3-8-16-12(17)6-4-5-11(15)13(16)14-10(2)7-9-18-14/h7,9,11,13H,3-6,8,15H2,1-2H3. The summed E-state index contributed by atoms with van der Waals surface area (Å²) in [5.74, 6) is 0.266. The van der Waals surface area contributed by atoms with Gasteiger partial charge in [0.05, 0.1) is 6.04 Å². The van der Waals surface area contributed by atoms with Crippen LogP contribution in [0.5, 0.6) is 0 Å². The molecule has 0 aliphatic carbocycles. The van der Waals surface area contributed by atoms with Crippen molar-refractivity contribution >= 4 is 17.2 Å². The number of hydrogen-bond donors (Lipinski definition) is 1. The van der Waals surface area contributed by atoms with Crippen molar-refractivity contribution in [3.05, 3.63) is 21.9 Å². The molecule has 0 radical (unpaired) electrons. The van der Waals surface area contributed by atoms with Gasteiger partial charge in [0.25, 0.3) is 0 Å². The molecule has 2 rings (SSSR count). The zero-order valence-corrected chi connectivity index (χ0v) is 12.0. The van der Waals surface area contributed by atoms with Crippen molar-refractivity contribution in [3.63, 3.8) is 0 Å². The van der Waals surface area contributed by atoms with Gasteiger partial charge in [0.2, 0.25) is 5.91 Å². The Kier molecular flexibility index (Phi) is 4.40. The van der Waals surface area contributed by atoms with E-state index in [-0.39, 0.29) is 18.0 Å². The molecule has 2 heterocycles. The van der Waals surface area contributed by atoms with Gasteiger partial charge >= 0.3 is 0 Å². The van der Waals surface area contributed by atoms with E-state index in [0.717, 1.165) is 25.8 Å². The Morgan fingerprint density at radius 2 is 2.33 bits per heavy atom. The zero-order valence-electron chi connectivity index (χ0n) is 11.2. The molecule has 2 unspecified atom stereocenters. The van der Waals surface area contributed by atoms with E-state index in [4.69, 9.17) is 5.73 Å². The van der Waals surface area contributed by atoms with E-state index < -0.39 is 0 Å². The van der Waals surface area contributed by atoms with Crippen molar-refractivity contribution < 1.29 is 4.79 Å². The predicted molar refractivity (Wildman–Crippen MR) is 75.6 cm³/mol. The molecule has 100 valence electrons. The molecular formula is C14H22N2OS. The summed E-state index contributed by atoms with van der Waals surface area (Å²) in [6.45, 7) is 5.04. The van der Waals surface area contributed by atoms with Gasteiger partial charge < -0.3 is 10.6 Å². The lowest BCUT2D eigenvalue weighted by Crippen LogP contribution is -2.42. The van der Waals surface area contributed by atoms with Crippen molar-refractivity contribution in [2.24, 2.45) is 5.73 Å². The van der Waals surface area contributed by atoms with E-state index >= 15 is 0 Å². The maximum atomic E-state index is 12.2. The number of likely N-dealkylation sites (tertiary alicyclic amines) is 1. The fourth-order valence-corrected chi connectivity index (χ4v) is 3.82. The van der Waals surface area contributed by atoms with Crippen molar-refractivity contribution in [2.75, 3.05) is 6.54 Å². The molecule has 1 saturated heterocycles. The highest BCUT2D eigenvalue weighted by molar-refractivity contribution is 7.10. The van der Waals surface area contributed by atoms with E-state index in [1.165, 1.54) is 10.4 Å². The average Bonchev–Trinajstić information content (AvgIpc) is 2.69. The van der Waals surface area contributed by atoms with Crippen LogP contribution in [0.3, 0.4) is 0 Å². The Balaban J connectivity index is 2.36. The summed E-state index contributed by atoms with van der Waals surface area (Å²) in [5, 5.41) is 2.09. The minimum Gasteiger partial charge on any atom is -0.333 e. The number of carbonyl (C=O) groups excluding carboxylic acids is 1. The van der Waals surface area contributed by atoms with Crippen LogP contribution in [0, 0.1) is 6.92 Å². The Morgan fingerprint density at radius 3 is 2.94 bits per heavy atom. The van der Waals surface area contributed by atoms with E-state index in [1.54, 1.807) is 11.3 Å². The summed E-state index contributed by atoms with van der Waals surface area (Å²) in [4.78, 5) is 15.5. The first kappa shape index (κ1) is 13.6. The third kappa shape index (κ3) is 2.59. The largest absolute Gasteiger partial charge is 0.333 e. The lowest BCUT2D eigenvalue weighted by atomic mass is 10.0. The van der Waals surface area contributed by atoms with Crippen LogP contribution in [-0.4, -0.2) is 23.4 Å². The summed E-state index contributed by atoms with van der Waals surface area (Å²) in [5.41, 5.74) is 7.60.